The molecule has 5 heteroatoms. The maximum Gasteiger partial charge on any atom is 0.343 e. The van der Waals surface area contributed by atoms with Gasteiger partial charge in [0, 0.05) is 6.08 Å². The van der Waals surface area contributed by atoms with Crippen LogP contribution in [0.3, 0.4) is 0 Å². The van der Waals surface area contributed by atoms with Crippen LogP contribution in [0, 0.1) is 5.92 Å². The van der Waals surface area contributed by atoms with Gasteiger partial charge in [0.05, 0.1) is 18.8 Å². The van der Waals surface area contributed by atoms with Gasteiger partial charge in [-0.2, -0.15) is 0 Å². The second-order valence-electron chi connectivity index (χ2n) is 9.62. The van der Waals surface area contributed by atoms with Crippen molar-refractivity contribution >= 4 is 11.9 Å². The smallest absolute Gasteiger partial charge is 0.343 e. The van der Waals surface area contributed by atoms with Gasteiger partial charge in [0.1, 0.15) is 11.5 Å². The van der Waals surface area contributed by atoms with Crippen molar-refractivity contribution < 1.29 is 23.8 Å². The van der Waals surface area contributed by atoms with Crippen LogP contribution in [0.1, 0.15) is 93.0 Å². The zero-order valence-corrected chi connectivity index (χ0v) is 21.6. The number of hydrogen-bond donors (Lipinski definition) is 0. The van der Waals surface area contributed by atoms with Crippen LogP contribution in [0.15, 0.2) is 61.2 Å². The maximum atomic E-state index is 12.6. The molecule has 0 aromatic heterocycles. The predicted octanol–water partition coefficient (Wildman–Crippen LogP) is 7.65. The second kappa shape index (κ2) is 15.1. The van der Waals surface area contributed by atoms with Gasteiger partial charge in [-0.25, -0.2) is 9.59 Å². The van der Waals surface area contributed by atoms with Gasteiger partial charge >= 0.3 is 11.9 Å². The van der Waals surface area contributed by atoms with Gasteiger partial charge in [0.25, 0.3) is 0 Å². The summed E-state index contributed by atoms with van der Waals surface area (Å²) in [4.78, 5) is 23.5. The van der Waals surface area contributed by atoms with E-state index in [1.165, 1.54) is 50.2 Å². The minimum Gasteiger partial charge on any atom is -0.494 e. The molecule has 36 heavy (non-hydrogen) atoms. The van der Waals surface area contributed by atoms with Crippen LogP contribution in [0.25, 0.3) is 0 Å². The lowest BCUT2D eigenvalue weighted by atomic mass is 9.77. The average Bonchev–Trinajstić information content (AvgIpc) is 2.91. The molecule has 1 aliphatic rings. The van der Waals surface area contributed by atoms with Crippen molar-refractivity contribution in [2.24, 2.45) is 5.92 Å². The average molecular weight is 493 g/mol. The topological polar surface area (TPSA) is 61.8 Å². The number of carbonyl (C=O) groups excluding carboxylic acids is 2. The molecule has 0 heterocycles. The summed E-state index contributed by atoms with van der Waals surface area (Å²) in [5.74, 6) is 2.07. The third kappa shape index (κ3) is 9.18. The van der Waals surface area contributed by atoms with E-state index in [-0.39, 0.29) is 11.9 Å². The highest BCUT2D eigenvalue weighted by Gasteiger charge is 2.22. The van der Waals surface area contributed by atoms with E-state index in [0.717, 1.165) is 37.4 Å². The SMILES string of the molecule is C=CC(=O)OCCCCCCOc1ccc(C(=O)Oc2ccc([C@H]3CC[C@H](CCC)CC3)cc2)cc1. The summed E-state index contributed by atoms with van der Waals surface area (Å²) < 4.78 is 16.3. The van der Waals surface area contributed by atoms with E-state index in [2.05, 4.69) is 25.6 Å². The molecule has 0 saturated heterocycles. The fourth-order valence-corrected chi connectivity index (χ4v) is 4.83. The number of rotatable bonds is 14. The normalized spacial score (nSPS) is 17.2. The van der Waals surface area contributed by atoms with Gasteiger partial charge in [-0.1, -0.05) is 38.5 Å². The second-order valence-corrected chi connectivity index (χ2v) is 9.62. The van der Waals surface area contributed by atoms with Crippen molar-refractivity contribution in [3.05, 3.63) is 72.3 Å². The molecule has 1 aliphatic carbocycles. The molecule has 5 nitrogen and oxygen atoms in total. The number of unbranched alkanes of at least 4 members (excludes halogenated alkanes) is 3. The van der Waals surface area contributed by atoms with Crippen molar-refractivity contribution in [1.82, 2.24) is 0 Å². The summed E-state index contributed by atoms with van der Waals surface area (Å²) in [6.45, 7) is 6.67. The molecule has 194 valence electrons. The largest absolute Gasteiger partial charge is 0.494 e. The molecule has 2 aromatic carbocycles. The standard InChI is InChI=1S/C31H40O5/c1-3-9-24-10-12-25(13-11-24)26-14-20-29(21-15-26)36-31(33)27-16-18-28(19-17-27)34-22-7-5-6-8-23-35-30(32)4-2/h4,14-21,24-25H,2-3,5-13,22-23H2,1H3/t24-,25-. The Balaban J connectivity index is 1.35. The van der Waals surface area contributed by atoms with E-state index < -0.39 is 0 Å². The number of carbonyl (C=O) groups is 2. The molecular weight excluding hydrogens is 452 g/mol. The summed E-state index contributed by atoms with van der Waals surface area (Å²) in [6.07, 6.45) is 12.7. The quantitative estimate of drug-likeness (QED) is 0.117. The summed E-state index contributed by atoms with van der Waals surface area (Å²) in [5.41, 5.74) is 1.84. The van der Waals surface area contributed by atoms with Crippen molar-refractivity contribution in [1.29, 1.82) is 0 Å². The Labute approximate surface area is 215 Å². The van der Waals surface area contributed by atoms with Crippen LogP contribution >= 0.6 is 0 Å². The molecular formula is C31H40O5. The minimum atomic E-state index is -0.376. The van der Waals surface area contributed by atoms with Crippen LogP contribution in [0.5, 0.6) is 11.5 Å². The fourth-order valence-electron chi connectivity index (χ4n) is 4.83. The maximum absolute atomic E-state index is 12.6. The molecule has 0 radical (unpaired) electrons. The summed E-state index contributed by atoms with van der Waals surface area (Å²) in [7, 11) is 0. The Morgan fingerprint density at radius 3 is 2.14 bits per heavy atom. The third-order valence-electron chi connectivity index (χ3n) is 6.91. The Hall–Kier alpha value is -3.08. The monoisotopic (exact) mass is 492 g/mol. The van der Waals surface area contributed by atoms with Crippen LogP contribution in [-0.2, 0) is 9.53 Å². The predicted molar refractivity (Wildman–Crippen MR) is 143 cm³/mol. The number of benzene rings is 2. The molecule has 0 N–H and O–H groups in total. The molecule has 2 aromatic rings. The molecule has 0 atom stereocenters. The summed E-state index contributed by atoms with van der Waals surface area (Å²) >= 11 is 0. The lowest BCUT2D eigenvalue weighted by molar-refractivity contribution is -0.137. The molecule has 0 unspecified atom stereocenters. The van der Waals surface area contributed by atoms with Crippen LogP contribution in [0.4, 0.5) is 0 Å². The number of ether oxygens (including phenoxy) is 3. The first-order valence-corrected chi connectivity index (χ1v) is 13.4. The lowest BCUT2D eigenvalue weighted by Crippen LogP contribution is -2.13. The van der Waals surface area contributed by atoms with Crippen LogP contribution in [-0.4, -0.2) is 25.2 Å². The first-order chi connectivity index (χ1) is 17.6. The highest BCUT2D eigenvalue weighted by Crippen LogP contribution is 2.37. The van der Waals surface area contributed by atoms with Crippen LogP contribution in [0.2, 0.25) is 0 Å². The molecule has 3 rings (SSSR count). The minimum absolute atomic E-state index is 0.369. The van der Waals surface area contributed by atoms with Gasteiger partial charge in [0.15, 0.2) is 0 Å². The zero-order valence-electron chi connectivity index (χ0n) is 21.6. The first-order valence-electron chi connectivity index (χ1n) is 13.4. The molecule has 0 aliphatic heterocycles. The molecule has 0 spiro atoms. The van der Waals surface area contributed by atoms with Crippen molar-refractivity contribution in [2.75, 3.05) is 13.2 Å². The van der Waals surface area contributed by atoms with Gasteiger partial charge < -0.3 is 14.2 Å². The fraction of sp³-hybridized carbons (Fsp3) is 0.484. The van der Waals surface area contributed by atoms with E-state index in [9.17, 15) is 9.59 Å². The van der Waals surface area contributed by atoms with E-state index in [1.54, 1.807) is 24.3 Å². The van der Waals surface area contributed by atoms with Gasteiger partial charge in [-0.05, 0) is 105 Å². The molecule has 1 saturated carbocycles. The molecule has 0 bridgehead atoms. The lowest BCUT2D eigenvalue weighted by Gasteiger charge is -2.28. The van der Waals surface area contributed by atoms with E-state index >= 15 is 0 Å². The number of hydrogen-bond acceptors (Lipinski definition) is 5. The van der Waals surface area contributed by atoms with Gasteiger partial charge in [0.2, 0.25) is 0 Å². The van der Waals surface area contributed by atoms with E-state index in [0.29, 0.717) is 30.4 Å². The Bertz CT molecular complexity index is 940. The Kier molecular flexibility index (Phi) is 11.6. The molecule has 0 amide bonds. The van der Waals surface area contributed by atoms with Gasteiger partial charge in [-0.3, -0.25) is 0 Å². The van der Waals surface area contributed by atoms with E-state index in [4.69, 9.17) is 14.2 Å². The van der Waals surface area contributed by atoms with Crippen molar-refractivity contribution in [3.63, 3.8) is 0 Å². The first kappa shape index (κ1) is 27.5. The third-order valence-corrected chi connectivity index (χ3v) is 6.91. The number of esters is 2. The zero-order chi connectivity index (χ0) is 25.6. The summed E-state index contributed by atoms with van der Waals surface area (Å²) in [6, 6.07) is 15.1. The highest BCUT2D eigenvalue weighted by atomic mass is 16.5. The highest BCUT2D eigenvalue weighted by molar-refractivity contribution is 5.91. The van der Waals surface area contributed by atoms with Crippen LogP contribution < -0.4 is 9.47 Å². The van der Waals surface area contributed by atoms with Crippen molar-refractivity contribution in [2.45, 2.75) is 77.0 Å². The molecule has 1 fully saturated rings. The van der Waals surface area contributed by atoms with Gasteiger partial charge in [-0.15, -0.1) is 0 Å². The Morgan fingerprint density at radius 2 is 1.50 bits per heavy atom. The van der Waals surface area contributed by atoms with Crippen molar-refractivity contribution in [3.8, 4) is 11.5 Å². The Morgan fingerprint density at radius 1 is 0.861 bits per heavy atom. The van der Waals surface area contributed by atoms with E-state index in [1.807, 2.05) is 12.1 Å². The summed E-state index contributed by atoms with van der Waals surface area (Å²) in [5, 5.41) is 0.